The summed E-state index contributed by atoms with van der Waals surface area (Å²) in [5, 5.41) is 30.0. The zero-order chi connectivity index (χ0) is 36.9. The first-order valence-corrected chi connectivity index (χ1v) is 16.7. The van der Waals surface area contributed by atoms with Crippen LogP contribution in [0.15, 0.2) is 66.0 Å². The topological polar surface area (TPSA) is 268 Å². The van der Waals surface area contributed by atoms with Crippen LogP contribution in [0.4, 0.5) is 10.6 Å². The van der Waals surface area contributed by atoms with Gasteiger partial charge in [0.2, 0.25) is 5.75 Å². The number of sulfonamides is 1. The van der Waals surface area contributed by atoms with Crippen LogP contribution in [0.25, 0.3) is 22.9 Å². The second-order valence-corrected chi connectivity index (χ2v) is 12.0. The maximum atomic E-state index is 13.6. The van der Waals surface area contributed by atoms with Crippen LogP contribution in [0.1, 0.15) is 18.4 Å². The van der Waals surface area contributed by atoms with Crippen LogP contribution in [0.5, 0.6) is 23.1 Å². The van der Waals surface area contributed by atoms with Gasteiger partial charge in [-0.3, -0.25) is 25.0 Å². The highest BCUT2D eigenvalue weighted by molar-refractivity contribution is 7.92. The number of carbonyl (C=O) groups is 1. The summed E-state index contributed by atoms with van der Waals surface area (Å²) < 4.78 is 57.3. The fourth-order valence-corrected chi connectivity index (χ4v) is 5.14. The molecule has 0 aliphatic heterocycles. The quantitative estimate of drug-likeness (QED) is 0.0569. The van der Waals surface area contributed by atoms with Gasteiger partial charge in [0.05, 0.1) is 25.7 Å². The molecule has 52 heavy (non-hydrogen) atoms. The first-order chi connectivity index (χ1) is 25.1. The van der Waals surface area contributed by atoms with Crippen molar-refractivity contribution in [3.63, 3.8) is 0 Å². The van der Waals surface area contributed by atoms with Gasteiger partial charge in [0.15, 0.2) is 34.0 Å². The third-order valence-corrected chi connectivity index (χ3v) is 7.87. The van der Waals surface area contributed by atoms with Crippen molar-refractivity contribution in [3.8, 4) is 46.0 Å². The van der Waals surface area contributed by atoms with Crippen LogP contribution in [0.2, 0.25) is 0 Å². The van der Waals surface area contributed by atoms with Crippen LogP contribution < -0.4 is 18.9 Å². The van der Waals surface area contributed by atoms with E-state index in [0.717, 1.165) is 5.56 Å². The third-order valence-electron chi connectivity index (χ3n) is 6.62. The summed E-state index contributed by atoms with van der Waals surface area (Å²) in [6.07, 6.45) is 2.58. The van der Waals surface area contributed by atoms with E-state index in [0.29, 0.717) is 29.8 Å². The molecule has 22 heteroatoms. The molecule has 0 aliphatic rings. The first-order valence-electron chi connectivity index (χ1n) is 15.2. The van der Waals surface area contributed by atoms with E-state index in [1.807, 2.05) is 0 Å². The van der Waals surface area contributed by atoms with Gasteiger partial charge in [-0.1, -0.05) is 18.2 Å². The Labute approximate surface area is 295 Å². The van der Waals surface area contributed by atoms with E-state index in [-0.39, 0.29) is 66.3 Å². The summed E-state index contributed by atoms with van der Waals surface area (Å²) >= 11 is 0. The lowest BCUT2D eigenvalue weighted by Crippen LogP contribution is -2.18. The average Bonchev–Trinajstić information content (AvgIpc) is 3.68. The molecule has 0 saturated heterocycles. The zero-order valence-electron chi connectivity index (χ0n) is 27.6. The molecule has 0 spiro atoms. The third kappa shape index (κ3) is 10.2. The molecule has 0 unspecified atom stereocenters. The van der Waals surface area contributed by atoms with Crippen molar-refractivity contribution >= 4 is 22.0 Å². The second kappa shape index (κ2) is 17.7. The van der Waals surface area contributed by atoms with Crippen molar-refractivity contribution in [2.24, 2.45) is 0 Å². The number of benzene rings is 1. The van der Waals surface area contributed by atoms with E-state index in [2.05, 4.69) is 50.1 Å². The number of nitrogens with one attached hydrogen (secondary N) is 2. The number of hydrogen-bond acceptors (Lipinski definition) is 19. The Bertz CT molecular complexity index is 2040. The van der Waals surface area contributed by atoms with Crippen molar-refractivity contribution in [1.82, 2.24) is 45.9 Å². The number of tetrazole rings is 1. The van der Waals surface area contributed by atoms with Crippen LogP contribution >= 0.6 is 0 Å². The molecule has 21 nitrogen and oxygen atoms in total. The molecule has 0 bridgehead atoms. The van der Waals surface area contributed by atoms with Crippen molar-refractivity contribution in [1.29, 1.82) is 0 Å². The number of methoxy groups -OCH3 is 1. The fraction of sp³-hybridized carbons (Fsp3) is 0.267. The van der Waals surface area contributed by atoms with Gasteiger partial charge >= 0.3 is 6.16 Å². The molecule has 274 valence electrons. The standard InChI is InChI=1S/C30H32N10O11S/c1-19-9-10-24(32-18-19)52(44,45)37-28-25(51-23-8-4-3-7-22(23)46-2)29(47-15-16-49-30(41)48-13-5-6-14-50-40(42)43)34-26(33-28)20-11-12-31-21(17-20)27-35-38-39-36-27/h3-4,7-12,17-18,42-43H,5-6,13-16H2,1-2H3,(H,33,34,37)(H,35,36,38,39). The van der Waals surface area contributed by atoms with Gasteiger partial charge in [0, 0.05) is 18.0 Å². The van der Waals surface area contributed by atoms with E-state index in [1.165, 1.54) is 25.6 Å². The zero-order valence-corrected chi connectivity index (χ0v) is 28.4. The minimum atomic E-state index is -4.36. The number of aromatic amines is 1. The van der Waals surface area contributed by atoms with Gasteiger partial charge in [-0.25, -0.2) is 19.9 Å². The van der Waals surface area contributed by atoms with Gasteiger partial charge in [-0.2, -0.15) is 13.4 Å². The van der Waals surface area contributed by atoms with Crippen LogP contribution in [0.3, 0.4) is 0 Å². The van der Waals surface area contributed by atoms with Crippen LogP contribution in [-0.2, 0) is 24.3 Å². The number of aromatic nitrogens is 8. The Hall–Kier alpha value is -6.07. The number of anilines is 1. The molecule has 0 saturated carbocycles. The largest absolute Gasteiger partial charge is 0.508 e. The molecule has 4 heterocycles. The average molecular weight is 741 g/mol. The Morgan fingerprint density at radius 1 is 0.962 bits per heavy atom. The number of hydrogen-bond donors (Lipinski definition) is 4. The predicted molar refractivity (Wildman–Crippen MR) is 175 cm³/mol. The Morgan fingerprint density at radius 2 is 1.75 bits per heavy atom. The lowest BCUT2D eigenvalue weighted by Gasteiger charge is -2.18. The van der Waals surface area contributed by atoms with Crippen molar-refractivity contribution in [2.75, 3.05) is 38.3 Å². The van der Waals surface area contributed by atoms with Gasteiger partial charge in [-0.05, 0) is 66.1 Å². The number of carbonyl (C=O) groups excluding carboxylic acids is 1. The Balaban J connectivity index is 1.47. The molecule has 0 fully saturated rings. The normalized spacial score (nSPS) is 11.2. The van der Waals surface area contributed by atoms with Gasteiger partial charge in [0.25, 0.3) is 15.9 Å². The summed E-state index contributed by atoms with van der Waals surface area (Å²) in [5.41, 5.74) is 1.43. The molecule has 4 N–H and O–H groups in total. The Morgan fingerprint density at radius 3 is 2.48 bits per heavy atom. The minimum absolute atomic E-state index is 0.0167. The highest BCUT2D eigenvalue weighted by Gasteiger charge is 2.26. The van der Waals surface area contributed by atoms with E-state index in [4.69, 9.17) is 34.1 Å². The second-order valence-electron chi connectivity index (χ2n) is 10.3. The summed E-state index contributed by atoms with van der Waals surface area (Å²) in [6, 6.07) is 12.6. The van der Waals surface area contributed by atoms with Crippen LogP contribution in [0, 0.1) is 6.92 Å². The van der Waals surface area contributed by atoms with E-state index < -0.39 is 21.6 Å². The fourth-order valence-electron chi connectivity index (χ4n) is 4.20. The number of H-pyrrole nitrogens is 1. The minimum Gasteiger partial charge on any atom is -0.493 e. The number of pyridine rings is 2. The van der Waals surface area contributed by atoms with Crippen molar-refractivity contribution in [2.45, 2.75) is 24.8 Å². The molecule has 0 atom stereocenters. The van der Waals surface area contributed by atoms with Gasteiger partial charge in [0.1, 0.15) is 18.9 Å². The summed E-state index contributed by atoms with van der Waals surface area (Å²) in [5.74, 6) is -0.143. The number of unbranched alkanes of at least 4 members (excludes halogenated alkanes) is 1. The monoisotopic (exact) mass is 740 g/mol. The number of para-hydroxylation sites is 2. The molecule has 1 aromatic carbocycles. The van der Waals surface area contributed by atoms with Gasteiger partial charge in [-0.15, -0.1) is 5.10 Å². The molecule has 0 radical (unpaired) electrons. The molecule has 5 rings (SSSR count). The predicted octanol–water partition coefficient (Wildman–Crippen LogP) is 3.35. The maximum Gasteiger partial charge on any atom is 0.508 e. The maximum absolute atomic E-state index is 13.6. The first kappa shape index (κ1) is 37.2. The van der Waals surface area contributed by atoms with Crippen molar-refractivity contribution < 1.29 is 52.1 Å². The molecular formula is C30H32N10O11S. The summed E-state index contributed by atoms with van der Waals surface area (Å²) in [7, 11) is -2.93. The molecule has 4 aromatic heterocycles. The van der Waals surface area contributed by atoms with E-state index >= 15 is 0 Å². The van der Waals surface area contributed by atoms with Crippen LogP contribution in [-0.4, -0.2) is 104 Å². The number of aryl methyl sites for hydroxylation is 1. The lowest BCUT2D eigenvalue weighted by molar-refractivity contribution is -0.492. The molecule has 5 aromatic rings. The molecule has 0 aliphatic carbocycles. The highest BCUT2D eigenvalue weighted by atomic mass is 32.2. The van der Waals surface area contributed by atoms with Gasteiger partial charge < -0.3 is 23.7 Å². The molecular weight excluding hydrogens is 708 g/mol. The molecule has 0 amide bonds. The number of ether oxygens (including phenoxy) is 5. The SMILES string of the molecule is COc1ccccc1Oc1c(NS(=O)(=O)c2ccc(C)cn2)nc(-c2ccnc(-c3nnn[nH]3)c2)nc1OCCOC(=O)OCCCCON(O)O. The summed E-state index contributed by atoms with van der Waals surface area (Å²) in [6.45, 7) is 1.12. The van der Waals surface area contributed by atoms with E-state index in [1.54, 1.807) is 49.4 Å². The highest BCUT2D eigenvalue weighted by Crippen LogP contribution is 2.41. The lowest BCUT2D eigenvalue weighted by atomic mass is 10.2. The van der Waals surface area contributed by atoms with E-state index in [9.17, 15) is 13.2 Å². The smallest absolute Gasteiger partial charge is 0.493 e. The Kier molecular flexibility index (Phi) is 12.7. The van der Waals surface area contributed by atoms with Crippen molar-refractivity contribution in [3.05, 3.63) is 66.5 Å². The number of nitrogens with zero attached hydrogens (tertiary/aromatic N) is 8. The summed E-state index contributed by atoms with van der Waals surface area (Å²) in [4.78, 5) is 33.9. The number of rotatable bonds is 18.